The predicted molar refractivity (Wildman–Crippen MR) is 124 cm³/mol. The number of hydrogen-bond acceptors (Lipinski definition) is 4. The van der Waals surface area contributed by atoms with Gasteiger partial charge < -0.3 is 5.32 Å². The fourth-order valence-corrected chi connectivity index (χ4v) is 4.30. The lowest BCUT2D eigenvalue weighted by Crippen LogP contribution is -2.33. The van der Waals surface area contributed by atoms with E-state index in [-0.39, 0.29) is 18.2 Å². The topological polar surface area (TPSA) is 61.8 Å². The molecule has 0 spiro atoms. The highest BCUT2D eigenvalue weighted by Gasteiger charge is 2.40. The van der Waals surface area contributed by atoms with Gasteiger partial charge in [0.2, 0.25) is 11.8 Å². The van der Waals surface area contributed by atoms with Crippen LogP contribution >= 0.6 is 23.4 Å². The largest absolute Gasteiger partial charge is 0.326 e. The first-order valence-electron chi connectivity index (χ1n) is 9.35. The maximum absolute atomic E-state index is 13.2. The number of halogens is 1. The van der Waals surface area contributed by atoms with Crippen molar-refractivity contribution in [1.29, 1.82) is 0 Å². The van der Waals surface area contributed by atoms with Crippen LogP contribution in [0.15, 0.2) is 89.9 Å². The molecule has 7 heteroatoms. The summed E-state index contributed by atoms with van der Waals surface area (Å²) in [5, 5.41) is 3.41. The number of para-hydroxylation sites is 2. The highest BCUT2D eigenvalue weighted by atomic mass is 35.5. The maximum Gasteiger partial charge on any atom is 0.247 e. The summed E-state index contributed by atoms with van der Waals surface area (Å²) in [6, 6.07) is 25.6. The van der Waals surface area contributed by atoms with Gasteiger partial charge in [0.1, 0.15) is 5.25 Å². The molecule has 5 nitrogen and oxygen atoms in total. The molecule has 4 rings (SSSR count). The number of amides is 2. The van der Waals surface area contributed by atoms with Gasteiger partial charge in [-0.3, -0.25) is 14.5 Å². The molecule has 1 N–H and O–H groups in total. The highest BCUT2D eigenvalue weighted by Crippen LogP contribution is 2.35. The zero-order valence-corrected chi connectivity index (χ0v) is 17.4. The molecule has 1 fully saturated rings. The molecule has 30 heavy (non-hydrogen) atoms. The Hall–Kier alpha value is -3.09. The van der Waals surface area contributed by atoms with E-state index in [0.29, 0.717) is 15.9 Å². The number of carbonyl (C=O) groups is 2. The van der Waals surface area contributed by atoms with E-state index in [1.54, 1.807) is 29.2 Å². The Balaban J connectivity index is 1.56. The standard InChI is InChI=1S/C23H18ClN3O2S/c24-16-11-13-18(14-12-16)25-21(28)15-20-22(29)27(19-9-5-2-6-10-19)23(30-20)26-17-7-3-1-4-8-17/h1-14,20H,15H2,(H,25,28). The number of nitrogens with zero attached hydrogens (tertiary/aromatic N) is 2. The summed E-state index contributed by atoms with van der Waals surface area (Å²) in [7, 11) is 0. The van der Waals surface area contributed by atoms with Crippen LogP contribution in [0.25, 0.3) is 0 Å². The number of rotatable bonds is 5. The summed E-state index contributed by atoms with van der Waals surface area (Å²) < 4.78 is 0. The van der Waals surface area contributed by atoms with Crippen LogP contribution in [0.2, 0.25) is 5.02 Å². The molecule has 1 aliphatic heterocycles. The predicted octanol–water partition coefficient (Wildman–Crippen LogP) is 5.50. The molecule has 1 atom stereocenters. The number of carbonyl (C=O) groups excluding carboxylic acids is 2. The monoisotopic (exact) mass is 435 g/mol. The Morgan fingerprint density at radius 3 is 2.27 bits per heavy atom. The minimum Gasteiger partial charge on any atom is -0.326 e. The minimum absolute atomic E-state index is 0.0449. The van der Waals surface area contributed by atoms with E-state index >= 15 is 0 Å². The number of benzene rings is 3. The molecule has 1 heterocycles. The molecule has 3 aromatic carbocycles. The first-order valence-corrected chi connectivity index (χ1v) is 10.6. The summed E-state index contributed by atoms with van der Waals surface area (Å²) in [5.74, 6) is -0.399. The van der Waals surface area contributed by atoms with E-state index in [9.17, 15) is 9.59 Å². The van der Waals surface area contributed by atoms with Crippen LogP contribution in [0.5, 0.6) is 0 Å². The fourth-order valence-electron chi connectivity index (χ4n) is 3.02. The highest BCUT2D eigenvalue weighted by molar-refractivity contribution is 8.16. The molecule has 0 bridgehead atoms. The van der Waals surface area contributed by atoms with Gasteiger partial charge in [-0.15, -0.1) is 0 Å². The molecule has 1 unspecified atom stereocenters. The lowest BCUT2D eigenvalue weighted by atomic mass is 10.2. The van der Waals surface area contributed by atoms with Crippen LogP contribution in [0.1, 0.15) is 6.42 Å². The molecule has 150 valence electrons. The average molecular weight is 436 g/mol. The van der Waals surface area contributed by atoms with Crippen molar-refractivity contribution in [2.24, 2.45) is 4.99 Å². The van der Waals surface area contributed by atoms with Gasteiger partial charge in [0.05, 0.1) is 11.4 Å². The molecule has 1 saturated heterocycles. The van der Waals surface area contributed by atoms with Crippen molar-refractivity contribution in [3.05, 3.63) is 90.0 Å². The molecule has 0 saturated carbocycles. The number of amidine groups is 1. The zero-order valence-electron chi connectivity index (χ0n) is 15.9. The van der Waals surface area contributed by atoms with Crippen LogP contribution < -0.4 is 10.2 Å². The Morgan fingerprint density at radius 1 is 0.967 bits per heavy atom. The van der Waals surface area contributed by atoms with Crippen molar-refractivity contribution in [2.45, 2.75) is 11.7 Å². The first kappa shape index (κ1) is 20.2. The van der Waals surface area contributed by atoms with Gasteiger partial charge >= 0.3 is 0 Å². The van der Waals surface area contributed by atoms with Gasteiger partial charge in [-0.1, -0.05) is 59.8 Å². The van der Waals surface area contributed by atoms with Crippen LogP contribution in [0, 0.1) is 0 Å². The van der Waals surface area contributed by atoms with Crippen molar-refractivity contribution < 1.29 is 9.59 Å². The smallest absolute Gasteiger partial charge is 0.247 e. The van der Waals surface area contributed by atoms with Crippen molar-refractivity contribution in [2.75, 3.05) is 10.2 Å². The van der Waals surface area contributed by atoms with Gasteiger partial charge in [-0.2, -0.15) is 0 Å². The number of nitrogens with one attached hydrogen (secondary N) is 1. The molecule has 1 aliphatic rings. The zero-order chi connectivity index (χ0) is 20.9. The van der Waals surface area contributed by atoms with Gasteiger partial charge in [-0.25, -0.2) is 4.99 Å². The maximum atomic E-state index is 13.2. The van der Waals surface area contributed by atoms with Gasteiger partial charge in [0.15, 0.2) is 5.17 Å². The quantitative estimate of drug-likeness (QED) is 0.575. The average Bonchev–Trinajstić information content (AvgIpc) is 3.05. The van der Waals surface area contributed by atoms with Gasteiger partial charge in [0, 0.05) is 17.1 Å². The van der Waals surface area contributed by atoms with Crippen LogP contribution in [-0.2, 0) is 9.59 Å². The summed E-state index contributed by atoms with van der Waals surface area (Å²) in [5.41, 5.74) is 2.11. The number of thioether (sulfide) groups is 1. The van der Waals surface area contributed by atoms with E-state index in [0.717, 1.165) is 11.4 Å². The second kappa shape index (κ2) is 9.15. The number of anilines is 2. The number of aliphatic imine (C=N–C) groups is 1. The number of hydrogen-bond donors (Lipinski definition) is 1. The SMILES string of the molecule is O=C(CC1SC(=Nc2ccccc2)N(c2ccccc2)C1=O)Nc1ccc(Cl)cc1. The Kier molecular flexibility index (Phi) is 6.16. The van der Waals surface area contributed by atoms with Gasteiger partial charge in [0.25, 0.3) is 0 Å². The fraction of sp³-hybridized carbons (Fsp3) is 0.0870. The van der Waals surface area contributed by atoms with Gasteiger partial charge in [-0.05, 0) is 48.5 Å². The molecule has 0 aromatic heterocycles. The molecule has 2 amide bonds. The van der Waals surface area contributed by atoms with E-state index in [1.165, 1.54) is 11.8 Å². The summed E-state index contributed by atoms with van der Waals surface area (Å²) in [6.07, 6.45) is 0.0449. The van der Waals surface area contributed by atoms with Crippen LogP contribution in [0.3, 0.4) is 0 Å². The summed E-state index contributed by atoms with van der Waals surface area (Å²) in [4.78, 5) is 31.9. The summed E-state index contributed by atoms with van der Waals surface area (Å²) in [6.45, 7) is 0. The lowest BCUT2D eigenvalue weighted by molar-refractivity contribution is -0.121. The van der Waals surface area contributed by atoms with Crippen molar-refractivity contribution in [3.8, 4) is 0 Å². The van der Waals surface area contributed by atoms with Crippen molar-refractivity contribution in [1.82, 2.24) is 0 Å². The van der Waals surface area contributed by atoms with E-state index in [1.807, 2.05) is 60.7 Å². The van der Waals surface area contributed by atoms with E-state index in [2.05, 4.69) is 10.3 Å². The van der Waals surface area contributed by atoms with E-state index < -0.39 is 5.25 Å². The Morgan fingerprint density at radius 2 is 1.60 bits per heavy atom. The third-order valence-corrected chi connectivity index (χ3v) is 5.82. The second-order valence-electron chi connectivity index (χ2n) is 6.60. The molecular weight excluding hydrogens is 418 g/mol. The lowest BCUT2D eigenvalue weighted by Gasteiger charge is -2.16. The molecule has 0 radical (unpaired) electrons. The normalized spacial score (nSPS) is 17.4. The molecule has 3 aromatic rings. The third-order valence-electron chi connectivity index (χ3n) is 4.43. The first-order chi connectivity index (χ1) is 14.6. The van der Waals surface area contributed by atoms with Crippen LogP contribution in [-0.4, -0.2) is 22.2 Å². The van der Waals surface area contributed by atoms with Crippen molar-refractivity contribution >= 4 is 57.4 Å². The second-order valence-corrected chi connectivity index (χ2v) is 8.21. The Bertz CT molecular complexity index is 1070. The third kappa shape index (κ3) is 4.72. The van der Waals surface area contributed by atoms with Crippen molar-refractivity contribution in [3.63, 3.8) is 0 Å². The molecule has 0 aliphatic carbocycles. The minimum atomic E-state index is -0.556. The summed E-state index contributed by atoms with van der Waals surface area (Å²) >= 11 is 7.18. The van der Waals surface area contributed by atoms with Crippen LogP contribution in [0.4, 0.5) is 17.1 Å². The molecular formula is C23H18ClN3O2S. The van der Waals surface area contributed by atoms with E-state index in [4.69, 9.17) is 11.6 Å². The Labute approximate surface area is 183 Å².